The van der Waals surface area contributed by atoms with Gasteiger partial charge in [0.1, 0.15) is 0 Å². The maximum atomic E-state index is 13.0. The molecule has 0 radical (unpaired) electrons. The lowest BCUT2D eigenvalue weighted by molar-refractivity contribution is -0.179. The van der Waals surface area contributed by atoms with Gasteiger partial charge in [0.25, 0.3) is 11.8 Å². The fraction of sp³-hybridized carbons (Fsp3) is 0.350. The molecule has 2 aliphatic rings. The Labute approximate surface area is 166 Å². The number of imide groups is 1. The third-order valence-electron chi connectivity index (χ3n) is 5.35. The number of amides is 3. The average molecular weight is 396 g/mol. The molecule has 2 unspecified atom stereocenters. The molecule has 4 rings (SSSR count). The Hall–Kier alpha value is -3.49. The smallest absolute Gasteiger partial charge is 0.335 e. The first-order valence-corrected chi connectivity index (χ1v) is 9.40. The molecule has 29 heavy (non-hydrogen) atoms. The van der Waals surface area contributed by atoms with Gasteiger partial charge in [0, 0.05) is 31.8 Å². The molecule has 3 amide bonds. The maximum Gasteiger partial charge on any atom is 0.338 e. The quantitative estimate of drug-likeness (QED) is 0.726. The standard InChI is InChI=1S/C20H20N4O5/c1-3-23-16(25)9-8-15(17(23)12-10-21-22(2)11-12)20(28)29-24-18(26)13-6-4-5-7-14(13)19(24)27/h4-7,10-11,15,17H,3,8-9H2,1-2H3. The van der Waals surface area contributed by atoms with Gasteiger partial charge in [-0.3, -0.25) is 19.1 Å². The van der Waals surface area contributed by atoms with Gasteiger partial charge in [0.05, 0.1) is 29.3 Å². The number of benzene rings is 1. The third-order valence-corrected chi connectivity index (χ3v) is 5.35. The zero-order valence-electron chi connectivity index (χ0n) is 16.1. The molecule has 0 saturated carbocycles. The fourth-order valence-electron chi connectivity index (χ4n) is 3.99. The minimum atomic E-state index is -0.723. The second kappa shape index (κ2) is 7.16. The van der Waals surface area contributed by atoms with Crippen molar-refractivity contribution in [3.05, 3.63) is 53.3 Å². The number of rotatable bonds is 4. The van der Waals surface area contributed by atoms with Gasteiger partial charge in [-0.2, -0.15) is 5.10 Å². The SMILES string of the molecule is CCN1C(=O)CCC(C(=O)ON2C(=O)c3ccccc3C2=O)C1c1cnn(C)c1. The number of aryl methyl sites for hydroxylation is 1. The molecule has 1 fully saturated rings. The van der Waals surface area contributed by atoms with Gasteiger partial charge >= 0.3 is 5.97 Å². The highest BCUT2D eigenvalue weighted by molar-refractivity contribution is 6.20. The number of aromatic nitrogens is 2. The van der Waals surface area contributed by atoms with Gasteiger partial charge in [-0.1, -0.05) is 17.2 Å². The number of likely N-dealkylation sites (tertiary alicyclic amines) is 1. The van der Waals surface area contributed by atoms with Crippen molar-refractivity contribution in [2.45, 2.75) is 25.8 Å². The first kappa shape index (κ1) is 18.9. The van der Waals surface area contributed by atoms with Crippen LogP contribution < -0.4 is 0 Å². The van der Waals surface area contributed by atoms with E-state index >= 15 is 0 Å². The van der Waals surface area contributed by atoms with Crippen molar-refractivity contribution in [1.82, 2.24) is 19.7 Å². The van der Waals surface area contributed by atoms with Crippen LogP contribution in [-0.2, 0) is 21.5 Å². The number of carbonyl (C=O) groups excluding carboxylic acids is 4. The molecular weight excluding hydrogens is 376 g/mol. The molecule has 1 saturated heterocycles. The Morgan fingerprint density at radius 3 is 2.38 bits per heavy atom. The Kier molecular flexibility index (Phi) is 4.65. The highest BCUT2D eigenvalue weighted by Gasteiger charge is 2.45. The van der Waals surface area contributed by atoms with Crippen LogP contribution in [0, 0.1) is 5.92 Å². The lowest BCUT2D eigenvalue weighted by atomic mass is 9.85. The molecule has 2 atom stereocenters. The van der Waals surface area contributed by atoms with Crippen molar-refractivity contribution in [2.24, 2.45) is 13.0 Å². The summed E-state index contributed by atoms with van der Waals surface area (Å²) in [4.78, 5) is 57.3. The van der Waals surface area contributed by atoms with E-state index in [1.807, 2.05) is 6.92 Å². The second-order valence-electron chi connectivity index (χ2n) is 7.08. The van der Waals surface area contributed by atoms with Crippen molar-refractivity contribution in [2.75, 3.05) is 6.54 Å². The van der Waals surface area contributed by atoms with Crippen LogP contribution >= 0.6 is 0 Å². The topological polar surface area (TPSA) is 102 Å². The molecule has 2 aromatic rings. The van der Waals surface area contributed by atoms with Gasteiger partial charge in [0.15, 0.2) is 0 Å². The Morgan fingerprint density at radius 1 is 1.17 bits per heavy atom. The number of nitrogens with zero attached hydrogens (tertiary/aromatic N) is 4. The van der Waals surface area contributed by atoms with Crippen LogP contribution in [0.2, 0.25) is 0 Å². The molecule has 2 aliphatic heterocycles. The molecule has 0 aliphatic carbocycles. The molecule has 1 aromatic carbocycles. The summed E-state index contributed by atoms with van der Waals surface area (Å²) in [5.74, 6) is -2.85. The zero-order valence-corrected chi connectivity index (χ0v) is 16.1. The number of piperidine rings is 1. The predicted octanol–water partition coefficient (Wildman–Crippen LogP) is 1.47. The number of fused-ring (bicyclic) bond motifs is 1. The van der Waals surface area contributed by atoms with Crippen LogP contribution in [0.25, 0.3) is 0 Å². The summed E-state index contributed by atoms with van der Waals surface area (Å²) in [7, 11) is 1.75. The van der Waals surface area contributed by atoms with E-state index in [1.54, 1.807) is 41.2 Å². The van der Waals surface area contributed by atoms with Gasteiger partial charge in [-0.25, -0.2) is 4.79 Å². The van der Waals surface area contributed by atoms with E-state index < -0.39 is 29.7 Å². The molecule has 9 nitrogen and oxygen atoms in total. The normalized spacial score (nSPS) is 21.5. The minimum absolute atomic E-state index is 0.0638. The summed E-state index contributed by atoms with van der Waals surface area (Å²) in [6.45, 7) is 2.24. The molecule has 150 valence electrons. The summed E-state index contributed by atoms with van der Waals surface area (Å²) < 4.78 is 1.59. The van der Waals surface area contributed by atoms with E-state index in [0.29, 0.717) is 17.2 Å². The summed E-state index contributed by atoms with van der Waals surface area (Å²) in [5.41, 5.74) is 1.10. The van der Waals surface area contributed by atoms with E-state index in [9.17, 15) is 19.2 Å². The largest absolute Gasteiger partial charge is 0.338 e. The second-order valence-corrected chi connectivity index (χ2v) is 7.08. The first-order chi connectivity index (χ1) is 13.9. The van der Waals surface area contributed by atoms with Crippen LogP contribution in [-0.4, -0.2) is 50.0 Å². The van der Waals surface area contributed by atoms with Crippen LogP contribution in [0.1, 0.15) is 52.1 Å². The fourth-order valence-corrected chi connectivity index (χ4v) is 3.99. The van der Waals surface area contributed by atoms with Gasteiger partial charge in [-0.05, 0) is 25.5 Å². The van der Waals surface area contributed by atoms with Crippen LogP contribution in [0.4, 0.5) is 0 Å². The monoisotopic (exact) mass is 396 g/mol. The minimum Gasteiger partial charge on any atom is -0.335 e. The predicted molar refractivity (Wildman–Crippen MR) is 99.1 cm³/mol. The molecule has 0 spiro atoms. The lowest BCUT2D eigenvalue weighted by Crippen LogP contribution is -2.47. The van der Waals surface area contributed by atoms with Gasteiger partial charge in [-0.15, -0.1) is 0 Å². The van der Waals surface area contributed by atoms with E-state index in [1.165, 1.54) is 12.1 Å². The van der Waals surface area contributed by atoms with E-state index in [4.69, 9.17) is 4.84 Å². The zero-order chi connectivity index (χ0) is 20.7. The third kappa shape index (κ3) is 3.08. The highest BCUT2D eigenvalue weighted by Crippen LogP contribution is 2.37. The number of hydrogen-bond donors (Lipinski definition) is 0. The van der Waals surface area contributed by atoms with Crippen molar-refractivity contribution < 1.29 is 24.0 Å². The average Bonchev–Trinajstić information content (AvgIpc) is 3.25. The van der Waals surface area contributed by atoms with E-state index in [2.05, 4.69) is 5.10 Å². The molecule has 0 bridgehead atoms. The van der Waals surface area contributed by atoms with Crippen molar-refractivity contribution in [3.63, 3.8) is 0 Å². The number of hydrogen-bond acceptors (Lipinski definition) is 6. The Morgan fingerprint density at radius 2 is 1.83 bits per heavy atom. The summed E-state index contributed by atoms with van der Waals surface area (Å²) in [6, 6.07) is 5.73. The molecule has 0 N–H and O–H groups in total. The maximum absolute atomic E-state index is 13.0. The van der Waals surface area contributed by atoms with Crippen molar-refractivity contribution >= 4 is 23.7 Å². The number of carbonyl (C=O) groups is 4. The molecule has 3 heterocycles. The van der Waals surface area contributed by atoms with Crippen LogP contribution in [0.3, 0.4) is 0 Å². The van der Waals surface area contributed by atoms with Gasteiger partial charge < -0.3 is 9.74 Å². The summed E-state index contributed by atoms with van der Waals surface area (Å²) in [6.07, 6.45) is 3.80. The van der Waals surface area contributed by atoms with Gasteiger partial charge in [0.2, 0.25) is 5.91 Å². The number of hydroxylamine groups is 2. The molecule has 1 aromatic heterocycles. The van der Waals surface area contributed by atoms with Crippen molar-refractivity contribution in [3.8, 4) is 0 Å². The Bertz CT molecular complexity index is 979. The lowest BCUT2D eigenvalue weighted by Gasteiger charge is -2.39. The summed E-state index contributed by atoms with van der Waals surface area (Å²) >= 11 is 0. The molecular formula is C20H20N4O5. The van der Waals surface area contributed by atoms with E-state index in [0.717, 1.165) is 0 Å². The first-order valence-electron chi connectivity index (χ1n) is 9.40. The van der Waals surface area contributed by atoms with Crippen LogP contribution in [0.15, 0.2) is 36.7 Å². The van der Waals surface area contributed by atoms with Crippen molar-refractivity contribution in [1.29, 1.82) is 0 Å². The molecule has 9 heteroatoms. The van der Waals surface area contributed by atoms with Crippen LogP contribution in [0.5, 0.6) is 0 Å². The Balaban J connectivity index is 1.61. The summed E-state index contributed by atoms with van der Waals surface area (Å²) in [5, 5.41) is 4.66. The highest BCUT2D eigenvalue weighted by atomic mass is 16.7. The van der Waals surface area contributed by atoms with E-state index in [-0.39, 0.29) is 29.9 Å².